The highest BCUT2D eigenvalue weighted by Crippen LogP contribution is 2.03. The van der Waals surface area contributed by atoms with Crippen molar-refractivity contribution in [2.45, 2.75) is 20.8 Å². The number of carbonyl (C=O) groups is 1. The summed E-state index contributed by atoms with van der Waals surface area (Å²) in [6.07, 6.45) is 0. The van der Waals surface area contributed by atoms with Crippen LogP contribution >= 0.6 is 0 Å². The van der Waals surface area contributed by atoms with E-state index < -0.39 is 0 Å². The first-order valence-electron chi connectivity index (χ1n) is 7.73. The van der Waals surface area contributed by atoms with Crippen molar-refractivity contribution in [2.75, 3.05) is 65.4 Å². The average Bonchev–Trinajstić information content (AvgIpc) is 2.43. The van der Waals surface area contributed by atoms with Gasteiger partial charge in [0.2, 0.25) is 5.91 Å². The van der Waals surface area contributed by atoms with Gasteiger partial charge in [-0.05, 0) is 6.54 Å². The number of rotatable bonds is 1. The maximum absolute atomic E-state index is 11.9. The second-order valence-electron chi connectivity index (χ2n) is 4.84. The Hall–Kier alpha value is -0.650. The Labute approximate surface area is 119 Å². The van der Waals surface area contributed by atoms with Gasteiger partial charge in [0.05, 0.1) is 6.54 Å². The van der Waals surface area contributed by atoms with Crippen molar-refractivity contribution < 1.29 is 6.22 Å². The van der Waals surface area contributed by atoms with Crippen LogP contribution in [-0.2, 0) is 4.79 Å². The minimum Gasteiger partial charge on any atom is -0.339 e. The molecule has 1 amide bonds. The van der Waals surface area contributed by atoms with Gasteiger partial charge < -0.3 is 15.1 Å². The summed E-state index contributed by atoms with van der Waals surface area (Å²) in [5.41, 5.74) is 0. The van der Waals surface area contributed by atoms with Crippen LogP contribution in [-0.4, -0.2) is 86.1 Å². The molecule has 0 aliphatic carbocycles. The first-order chi connectivity index (χ1) is 9.29. The molecule has 3 rings (SSSR count). The summed E-state index contributed by atoms with van der Waals surface area (Å²) in [5.74, 6) is 0.299. The van der Waals surface area contributed by atoms with Crippen LogP contribution in [0.1, 0.15) is 22.2 Å². The van der Waals surface area contributed by atoms with E-state index in [9.17, 15) is 4.79 Å². The lowest BCUT2D eigenvalue weighted by molar-refractivity contribution is -0.136. The molecule has 5 heteroatoms. The van der Waals surface area contributed by atoms with E-state index in [1.807, 2.05) is 18.7 Å². The first-order valence-corrected chi connectivity index (χ1v) is 7.73. The molecule has 3 heterocycles. The highest BCUT2D eigenvalue weighted by atomic mass is 16.2. The molecule has 0 spiro atoms. The van der Waals surface area contributed by atoms with Crippen LogP contribution in [0.25, 0.3) is 0 Å². The van der Waals surface area contributed by atoms with Crippen LogP contribution in [0.3, 0.4) is 0 Å². The van der Waals surface area contributed by atoms with Crippen LogP contribution in [0.4, 0.5) is 0 Å². The number of fused-ring (bicyclic) bond motifs is 9. The molecule has 0 aromatic rings. The third kappa shape index (κ3) is 5.47. The summed E-state index contributed by atoms with van der Waals surface area (Å²) >= 11 is 0. The molecule has 3 fully saturated rings. The molecular formula is C14H32N4O. The molecule has 19 heavy (non-hydrogen) atoms. The molecule has 0 aromatic heterocycles. The Balaban J connectivity index is 0.00000115. The van der Waals surface area contributed by atoms with E-state index in [1.54, 1.807) is 0 Å². The first kappa shape index (κ1) is 16.4. The second-order valence-corrected chi connectivity index (χ2v) is 4.84. The summed E-state index contributed by atoms with van der Waals surface area (Å²) in [4.78, 5) is 18.6. The van der Waals surface area contributed by atoms with Crippen LogP contribution in [0, 0.1) is 0 Å². The van der Waals surface area contributed by atoms with Gasteiger partial charge >= 0.3 is 0 Å². The number of hydrogen-bond donors (Lipinski definition) is 1. The van der Waals surface area contributed by atoms with E-state index in [0.29, 0.717) is 12.5 Å². The molecule has 3 aliphatic rings. The number of piperazine rings is 1. The minimum atomic E-state index is 0. The predicted molar refractivity (Wildman–Crippen MR) is 81.5 cm³/mol. The summed E-state index contributed by atoms with van der Waals surface area (Å²) in [6, 6.07) is 0. The molecule has 0 saturated carbocycles. The smallest absolute Gasteiger partial charge is 0.236 e. The fourth-order valence-electron chi connectivity index (χ4n) is 2.47. The van der Waals surface area contributed by atoms with E-state index in [1.165, 1.54) is 0 Å². The van der Waals surface area contributed by atoms with Crippen molar-refractivity contribution in [2.24, 2.45) is 0 Å². The lowest BCUT2D eigenvalue weighted by Gasteiger charge is -2.36. The molecule has 1 N–H and O–H groups in total. The maximum atomic E-state index is 11.9. The fraction of sp³-hybridized carbons (Fsp3) is 0.929. The Morgan fingerprint density at radius 2 is 1.74 bits per heavy atom. The monoisotopic (exact) mass is 272 g/mol. The van der Waals surface area contributed by atoms with Crippen molar-refractivity contribution in [3.05, 3.63) is 0 Å². The van der Waals surface area contributed by atoms with Gasteiger partial charge in [-0.1, -0.05) is 20.8 Å². The maximum Gasteiger partial charge on any atom is 0.236 e. The zero-order valence-corrected chi connectivity index (χ0v) is 12.8. The molecule has 0 radical (unpaired) electrons. The fourth-order valence-corrected chi connectivity index (χ4v) is 2.47. The molecule has 1 atom stereocenters. The van der Waals surface area contributed by atoms with Gasteiger partial charge in [0.1, 0.15) is 0 Å². The largest absolute Gasteiger partial charge is 0.339 e. The number of amides is 1. The van der Waals surface area contributed by atoms with E-state index in [-0.39, 0.29) is 1.43 Å². The van der Waals surface area contributed by atoms with Crippen LogP contribution in [0.5, 0.6) is 0 Å². The minimum absolute atomic E-state index is 0. The molecule has 3 saturated heterocycles. The number of carbonyl (C=O) groups excluding carboxylic acids is 1. The lowest BCUT2D eigenvalue weighted by Crippen LogP contribution is -2.54. The van der Waals surface area contributed by atoms with Crippen molar-refractivity contribution >= 4 is 5.91 Å². The molecule has 5 nitrogen and oxygen atoms in total. The van der Waals surface area contributed by atoms with Crippen LogP contribution < -0.4 is 5.32 Å². The molecule has 0 aromatic carbocycles. The summed E-state index contributed by atoms with van der Waals surface area (Å²) in [6.45, 7) is 15.8. The van der Waals surface area contributed by atoms with Gasteiger partial charge in [-0.2, -0.15) is 0 Å². The quantitative estimate of drug-likeness (QED) is 0.746. The predicted octanol–water partition coefficient (Wildman–Crippen LogP) is 0.328. The third-order valence-corrected chi connectivity index (χ3v) is 3.74. The van der Waals surface area contributed by atoms with Gasteiger partial charge in [0.25, 0.3) is 0 Å². The molecule has 2 bridgehead atoms. The van der Waals surface area contributed by atoms with Crippen LogP contribution in [0.2, 0.25) is 0 Å². The third-order valence-electron chi connectivity index (χ3n) is 3.74. The van der Waals surface area contributed by atoms with E-state index in [2.05, 4.69) is 22.0 Å². The molecule has 1 unspecified atom stereocenters. The highest BCUT2D eigenvalue weighted by molar-refractivity contribution is 5.79. The zero-order valence-electron chi connectivity index (χ0n) is 12.8. The summed E-state index contributed by atoms with van der Waals surface area (Å²) < 4.78 is 0. The van der Waals surface area contributed by atoms with Gasteiger partial charge in [0.15, 0.2) is 0 Å². The molecular weight excluding hydrogens is 240 g/mol. The topological polar surface area (TPSA) is 38.8 Å². The van der Waals surface area contributed by atoms with Gasteiger partial charge in [-0.15, -0.1) is 0 Å². The number of nitrogens with zero attached hydrogens (tertiary/aromatic N) is 3. The SMILES string of the molecule is CC.CCN1CCNCCN2CCN(CC1)C(=O)C2.[HH]. The van der Waals surface area contributed by atoms with Gasteiger partial charge in [0, 0.05) is 53.8 Å². The van der Waals surface area contributed by atoms with Crippen molar-refractivity contribution in [3.63, 3.8) is 0 Å². The van der Waals surface area contributed by atoms with Crippen molar-refractivity contribution in [1.82, 2.24) is 20.0 Å². The second kappa shape index (κ2) is 9.28. The van der Waals surface area contributed by atoms with Gasteiger partial charge in [-0.3, -0.25) is 9.69 Å². The lowest BCUT2D eigenvalue weighted by atomic mass is 10.3. The average molecular weight is 272 g/mol. The number of hydrogen-bond acceptors (Lipinski definition) is 4. The van der Waals surface area contributed by atoms with Crippen molar-refractivity contribution in [1.29, 1.82) is 0 Å². The highest BCUT2D eigenvalue weighted by Gasteiger charge is 2.23. The number of nitrogens with one attached hydrogen (secondary N) is 1. The summed E-state index contributed by atoms with van der Waals surface area (Å²) in [7, 11) is 0. The number of likely N-dealkylation sites (N-methyl/N-ethyl adjacent to an activating group) is 1. The molecule has 3 aliphatic heterocycles. The standard InChI is InChI=1S/C12H24N4O.C2H6.H2/c1-2-14-5-3-13-4-6-15-8-10-16(9-7-14)12(17)11-15;1-2;/h13H,2-11H2,1H3;1-2H3;1H. The summed E-state index contributed by atoms with van der Waals surface area (Å²) in [5, 5.41) is 3.46. The zero-order chi connectivity index (χ0) is 14.1. The Kier molecular flexibility index (Phi) is 8.02. The molecule has 114 valence electrons. The van der Waals surface area contributed by atoms with Crippen molar-refractivity contribution in [3.8, 4) is 0 Å². The Morgan fingerprint density at radius 3 is 2.42 bits per heavy atom. The normalized spacial score (nSPS) is 26.2. The van der Waals surface area contributed by atoms with E-state index >= 15 is 0 Å². The van der Waals surface area contributed by atoms with Crippen LogP contribution in [0.15, 0.2) is 0 Å². The van der Waals surface area contributed by atoms with E-state index in [0.717, 1.165) is 58.9 Å². The van der Waals surface area contributed by atoms with Gasteiger partial charge in [-0.25, -0.2) is 0 Å². The van der Waals surface area contributed by atoms with E-state index in [4.69, 9.17) is 0 Å². The Morgan fingerprint density at radius 1 is 1.05 bits per heavy atom. The Bertz CT molecular complexity index is 264.